The third kappa shape index (κ3) is 6.51. The number of aromatic nitrogens is 1. The maximum atomic E-state index is 13.2. The fraction of sp³-hybridized carbons (Fsp3) is 0.316. The van der Waals surface area contributed by atoms with Gasteiger partial charge in [0.2, 0.25) is 0 Å². The molecule has 1 unspecified atom stereocenters. The van der Waals surface area contributed by atoms with Gasteiger partial charge in [-0.25, -0.2) is 9.18 Å². The zero-order chi connectivity index (χ0) is 18.9. The molecule has 2 atom stereocenters. The Hall–Kier alpha value is -2.96. The molecule has 0 aliphatic heterocycles. The fourth-order valence-corrected chi connectivity index (χ4v) is 2.59. The van der Waals surface area contributed by atoms with Gasteiger partial charge in [-0.2, -0.15) is 0 Å². The molecule has 0 aliphatic rings. The highest BCUT2D eigenvalue weighted by atomic mass is 19.1. The van der Waals surface area contributed by atoms with Crippen LogP contribution in [0.5, 0.6) is 0 Å². The van der Waals surface area contributed by atoms with Crippen molar-refractivity contribution in [1.82, 2.24) is 15.6 Å². The van der Waals surface area contributed by atoms with E-state index in [1.807, 2.05) is 30.3 Å². The third-order valence-electron chi connectivity index (χ3n) is 3.94. The summed E-state index contributed by atoms with van der Waals surface area (Å²) < 4.78 is 13.2. The lowest BCUT2D eigenvalue weighted by Gasteiger charge is -2.21. The summed E-state index contributed by atoms with van der Waals surface area (Å²) in [4.78, 5) is 26.9. The SMILES string of the molecule is C[C@H](NC(=O)NC(CCC(=O)O)Cc1ccccc1)c1cncc(F)c1. The molecule has 0 fully saturated rings. The van der Waals surface area contributed by atoms with Crippen LogP contribution in [0.25, 0.3) is 0 Å². The minimum Gasteiger partial charge on any atom is -0.481 e. The number of nitrogens with zero attached hydrogens (tertiary/aromatic N) is 1. The van der Waals surface area contributed by atoms with Crippen LogP contribution >= 0.6 is 0 Å². The molecule has 6 nitrogen and oxygen atoms in total. The predicted octanol–water partition coefficient (Wildman–Crippen LogP) is 3.06. The van der Waals surface area contributed by atoms with Crippen molar-refractivity contribution in [2.45, 2.75) is 38.3 Å². The van der Waals surface area contributed by atoms with Gasteiger partial charge < -0.3 is 15.7 Å². The van der Waals surface area contributed by atoms with Gasteiger partial charge in [-0.15, -0.1) is 0 Å². The zero-order valence-electron chi connectivity index (χ0n) is 14.5. The second kappa shape index (κ2) is 9.50. The van der Waals surface area contributed by atoms with Crippen molar-refractivity contribution < 1.29 is 19.1 Å². The Morgan fingerprint density at radius 3 is 2.58 bits per heavy atom. The molecule has 0 spiro atoms. The fourth-order valence-electron chi connectivity index (χ4n) is 2.59. The van der Waals surface area contributed by atoms with Crippen LogP contribution in [0.1, 0.15) is 36.9 Å². The number of amides is 2. The van der Waals surface area contributed by atoms with Gasteiger partial charge >= 0.3 is 12.0 Å². The van der Waals surface area contributed by atoms with Crippen molar-refractivity contribution in [2.24, 2.45) is 0 Å². The van der Waals surface area contributed by atoms with Crippen LogP contribution in [0.3, 0.4) is 0 Å². The predicted molar refractivity (Wildman–Crippen MR) is 95.1 cm³/mol. The molecule has 0 radical (unpaired) electrons. The molecule has 2 rings (SSSR count). The summed E-state index contributed by atoms with van der Waals surface area (Å²) in [6, 6.07) is 9.64. The van der Waals surface area contributed by atoms with Gasteiger partial charge in [0, 0.05) is 18.7 Å². The Bertz CT molecular complexity index is 740. The second-order valence-electron chi connectivity index (χ2n) is 6.10. The summed E-state index contributed by atoms with van der Waals surface area (Å²) >= 11 is 0. The quantitative estimate of drug-likeness (QED) is 0.675. The van der Waals surface area contributed by atoms with Crippen LogP contribution in [-0.4, -0.2) is 28.1 Å². The van der Waals surface area contributed by atoms with Gasteiger partial charge in [0.25, 0.3) is 0 Å². The number of carbonyl (C=O) groups excluding carboxylic acids is 1. The van der Waals surface area contributed by atoms with Crippen LogP contribution in [0.2, 0.25) is 0 Å². The van der Waals surface area contributed by atoms with E-state index in [1.165, 1.54) is 12.3 Å². The third-order valence-corrected chi connectivity index (χ3v) is 3.94. The van der Waals surface area contributed by atoms with E-state index in [9.17, 15) is 14.0 Å². The number of nitrogens with one attached hydrogen (secondary N) is 2. The number of carboxylic acids is 1. The number of rotatable bonds is 8. The van der Waals surface area contributed by atoms with E-state index >= 15 is 0 Å². The number of carboxylic acid groups (broad SMARTS) is 1. The highest BCUT2D eigenvalue weighted by Crippen LogP contribution is 2.12. The zero-order valence-corrected chi connectivity index (χ0v) is 14.5. The number of halogens is 1. The normalized spacial score (nSPS) is 12.8. The molecule has 3 N–H and O–H groups in total. The van der Waals surface area contributed by atoms with E-state index in [0.717, 1.165) is 11.8 Å². The highest BCUT2D eigenvalue weighted by molar-refractivity contribution is 5.75. The topological polar surface area (TPSA) is 91.3 Å². The number of pyridine rings is 1. The number of carbonyl (C=O) groups is 2. The molecule has 0 saturated heterocycles. The molecule has 26 heavy (non-hydrogen) atoms. The van der Waals surface area contributed by atoms with Crippen LogP contribution in [0, 0.1) is 5.82 Å². The van der Waals surface area contributed by atoms with Crippen molar-refractivity contribution in [3.05, 3.63) is 65.7 Å². The molecule has 0 bridgehead atoms. The molecule has 1 aromatic heterocycles. The number of hydrogen-bond acceptors (Lipinski definition) is 3. The van der Waals surface area contributed by atoms with Crippen LogP contribution in [0.15, 0.2) is 48.8 Å². The van der Waals surface area contributed by atoms with Gasteiger partial charge in [0.05, 0.1) is 12.2 Å². The standard InChI is InChI=1S/C19H22FN3O3/c1-13(15-10-16(20)12-21-11-15)22-19(26)23-17(7-8-18(24)25)9-14-5-3-2-4-6-14/h2-6,10-13,17H,7-9H2,1H3,(H,24,25)(H2,22,23,26)/t13-,17?/m0/s1. The summed E-state index contributed by atoms with van der Waals surface area (Å²) in [6.45, 7) is 1.72. The molecule has 0 saturated carbocycles. The molecule has 2 amide bonds. The van der Waals surface area contributed by atoms with Gasteiger partial charge in [0.1, 0.15) is 5.82 Å². The van der Waals surface area contributed by atoms with Crippen molar-refractivity contribution >= 4 is 12.0 Å². The van der Waals surface area contributed by atoms with E-state index in [0.29, 0.717) is 18.4 Å². The Morgan fingerprint density at radius 1 is 1.19 bits per heavy atom. The number of urea groups is 1. The van der Waals surface area contributed by atoms with E-state index in [-0.39, 0.29) is 12.5 Å². The van der Waals surface area contributed by atoms with Crippen molar-refractivity contribution in [3.63, 3.8) is 0 Å². The van der Waals surface area contributed by atoms with Gasteiger partial charge in [0.15, 0.2) is 0 Å². The summed E-state index contributed by atoms with van der Waals surface area (Å²) in [7, 11) is 0. The average molecular weight is 359 g/mol. The minimum absolute atomic E-state index is 0.0405. The summed E-state index contributed by atoms with van der Waals surface area (Å²) in [6.07, 6.45) is 3.38. The van der Waals surface area contributed by atoms with E-state index in [4.69, 9.17) is 5.11 Å². The molecule has 7 heteroatoms. The first kappa shape index (κ1) is 19.4. The van der Waals surface area contributed by atoms with Crippen molar-refractivity contribution in [1.29, 1.82) is 0 Å². The Balaban J connectivity index is 1.96. The Labute approximate surface area is 151 Å². The first-order chi connectivity index (χ1) is 12.4. The highest BCUT2D eigenvalue weighted by Gasteiger charge is 2.17. The largest absolute Gasteiger partial charge is 0.481 e. The lowest BCUT2D eigenvalue weighted by molar-refractivity contribution is -0.137. The van der Waals surface area contributed by atoms with Gasteiger partial charge in [-0.05, 0) is 37.0 Å². The molecule has 1 heterocycles. The lowest BCUT2D eigenvalue weighted by atomic mass is 10.0. The molecular formula is C19H22FN3O3. The summed E-state index contributed by atoms with van der Waals surface area (Å²) in [5, 5.41) is 14.4. The van der Waals surface area contributed by atoms with E-state index in [1.54, 1.807) is 6.92 Å². The monoisotopic (exact) mass is 359 g/mol. The minimum atomic E-state index is -0.913. The van der Waals surface area contributed by atoms with Gasteiger partial charge in [-0.3, -0.25) is 9.78 Å². The van der Waals surface area contributed by atoms with Crippen LogP contribution < -0.4 is 10.6 Å². The van der Waals surface area contributed by atoms with Crippen molar-refractivity contribution in [3.8, 4) is 0 Å². The average Bonchev–Trinajstić information content (AvgIpc) is 2.60. The molecule has 0 aliphatic carbocycles. The molecule has 1 aromatic carbocycles. The van der Waals surface area contributed by atoms with Crippen LogP contribution in [-0.2, 0) is 11.2 Å². The van der Waals surface area contributed by atoms with Crippen molar-refractivity contribution in [2.75, 3.05) is 0 Å². The first-order valence-corrected chi connectivity index (χ1v) is 8.37. The van der Waals surface area contributed by atoms with Gasteiger partial charge in [-0.1, -0.05) is 30.3 Å². The Morgan fingerprint density at radius 2 is 1.92 bits per heavy atom. The molecular weight excluding hydrogens is 337 g/mol. The van der Waals surface area contributed by atoms with E-state index in [2.05, 4.69) is 15.6 Å². The summed E-state index contributed by atoms with van der Waals surface area (Å²) in [5.41, 5.74) is 1.55. The number of aliphatic carboxylic acids is 1. The molecule has 138 valence electrons. The first-order valence-electron chi connectivity index (χ1n) is 8.37. The number of hydrogen-bond donors (Lipinski definition) is 3. The molecule has 2 aromatic rings. The maximum absolute atomic E-state index is 13.2. The summed E-state index contributed by atoms with van der Waals surface area (Å²) in [5.74, 6) is -1.38. The smallest absolute Gasteiger partial charge is 0.315 e. The van der Waals surface area contributed by atoms with Crippen LogP contribution in [0.4, 0.5) is 9.18 Å². The number of benzene rings is 1. The second-order valence-corrected chi connectivity index (χ2v) is 6.10. The maximum Gasteiger partial charge on any atom is 0.315 e. The lowest BCUT2D eigenvalue weighted by Crippen LogP contribution is -2.44. The Kier molecular flexibility index (Phi) is 7.08. The van der Waals surface area contributed by atoms with E-state index < -0.39 is 23.9 Å².